The van der Waals surface area contributed by atoms with E-state index in [1.165, 1.54) is 18.4 Å². The first-order valence-corrected chi connectivity index (χ1v) is 6.55. The summed E-state index contributed by atoms with van der Waals surface area (Å²) < 4.78 is 5.98. The lowest BCUT2D eigenvalue weighted by atomic mass is 9.88. The fourth-order valence-electron chi connectivity index (χ4n) is 2.84. The van der Waals surface area contributed by atoms with Gasteiger partial charge in [-0.1, -0.05) is 12.8 Å². The first kappa shape index (κ1) is 12.5. The second-order valence-electron chi connectivity index (χ2n) is 4.87. The molecule has 3 heteroatoms. The molecule has 17 heavy (non-hydrogen) atoms. The molecule has 2 rings (SSSR count). The van der Waals surface area contributed by atoms with Crippen LogP contribution in [0.5, 0.6) is 0 Å². The second kappa shape index (κ2) is 5.61. The van der Waals surface area contributed by atoms with Crippen LogP contribution in [0.1, 0.15) is 38.2 Å². The number of nitrogens with zero attached hydrogens (tertiary/aromatic N) is 1. The molecule has 0 radical (unpaired) electrons. The average molecular weight is 234 g/mol. The number of nitrogens with two attached hydrogens (primary N) is 1. The van der Waals surface area contributed by atoms with Crippen molar-refractivity contribution in [2.24, 2.45) is 5.73 Å². The number of rotatable bonds is 5. The van der Waals surface area contributed by atoms with Crippen LogP contribution in [-0.4, -0.2) is 23.2 Å². The smallest absolute Gasteiger partial charge is 0.0835 e. The Hall–Kier alpha value is -0.930. The molecule has 0 aromatic carbocycles. The van der Waals surface area contributed by atoms with Gasteiger partial charge >= 0.3 is 0 Å². The van der Waals surface area contributed by atoms with Gasteiger partial charge in [0.25, 0.3) is 0 Å². The maximum Gasteiger partial charge on any atom is 0.0835 e. The van der Waals surface area contributed by atoms with Crippen LogP contribution in [0.15, 0.2) is 24.5 Å². The third kappa shape index (κ3) is 2.85. The van der Waals surface area contributed by atoms with Gasteiger partial charge in [-0.05, 0) is 43.9 Å². The molecule has 1 fully saturated rings. The highest BCUT2D eigenvalue weighted by atomic mass is 16.5. The molecular weight excluding hydrogens is 212 g/mol. The summed E-state index contributed by atoms with van der Waals surface area (Å²) in [5.41, 5.74) is 7.55. The molecule has 3 nitrogen and oxygen atoms in total. The minimum Gasteiger partial charge on any atom is -0.374 e. The molecule has 0 aliphatic heterocycles. The minimum atomic E-state index is -0.0853. The van der Waals surface area contributed by atoms with Crippen LogP contribution in [0.2, 0.25) is 0 Å². The zero-order chi connectivity index (χ0) is 12.1. The van der Waals surface area contributed by atoms with Crippen molar-refractivity contribution >= 4 is 0 Å². The summed E-state index contributed by atoms with van der Waals surface area (Å²) in [6, 6.07) is 4.16. The molecule has 1 heterocycles. The molecule has 1 atom stereocenters. The second-order valence-corrected chi connectivity index (χ2v) is 4.87. The van der Waals surface area contributed by atoms with Crippen molar-refractivity contribution in [1.29, 1.82) is 0 Å². The van der Waals surface area contributed by atoms with E-state index in [1.807, 2.05) is 24.5 Å². The van der Waals surface area contributed by atoms with Crippen LogP contribution in [-0.2, 0) is 11.2 Å². The van der Waals surface area contributed by atoms with E-state index in [4.69, 9.17) is 10.5 Å². The first-order valence-electron chi connectivity index (χ1n) is 6.55. The van der Waals surface area contributed by atoms with E-state index in [9.17, 15) is 0 Å². The minimum absolute atomic E-state index is 0.0853. The summed E-state index contributed by atoms with van der Waals surface area (Å²) in [5, 5.41) is 0. The van der Waals surface area contributed by atoms with E-state index in [1.54, 1.807) is 0 Å². The normalized spacial score (nSPS) is 20.4. The SMILES string of the molecule is CCOC1(C(N)Cc2ccncc2)CCCC1. The van der Waals surface area contributed by atoms with Crippen molar-refractivity contribution in [3.05, 3.63) is 30.1 Å². The van der Waals surface area contributed by atoms with E-state index in [0.717, 1.165) is 25.9 Å². The molecule has 1 saturated carbocycles. The van der Waals surface area contributed by atoms with Gasteiger partial charge in [-0.3, -0.25) is 4.98 Å². The van der Waals surface area contributed by atoms with Gasteiger partial charge in [0.05, 0.1) is 5.60 Å². The summed E-state index contributed by atoms with van der Waals surface area (Å²) in [6.07, 6.45) is 9.21. The van der Waals surface area contributed by atoms with Crippen molar-refractivity contribution in [3.8, 4) is 0 Å². The Balaban J connectivity index is 2.04. The Morgan fingerprint density at radius 1 is 1.35 bits per heavy atom. The summed E-state index contributed by atoms with van der Waals surface area (Å²) in [5.74, 6) is 0. The molecule has 94 valence electrons. The van der Waals surface area contributed by atoms with Crippen molar-refractivity contribution in [2.75, 3.05) is 6.61 Å². The Morgan fingerprint density at radius 2 is 2.00 bits per heavy atom. The third-order valence-electron chi connectivity index (χ3n) is 3.76. The zero-order valence-electron chi connectivity index (χ0n) is 10.6. The van der Waals surface area contributed by atoms with E-state index in [0.29, 0.717) is 0 Å². The van der Waals surface area contributed by atoms with E-state index >= 15 is 0 Å². The molecule has 1 aromatic heterocycles. The van der Waals surface area contributed by atoms with Gasteiger partial charge < -0.3 is 10.5 Å². The lowest BCUT2D eigenvalue weighted by molar-refractivity contribution is -0.0525. The molecule has 1 aromatic rings. The summed E-state index contributed by atoms with van der Waals surface area (Å²) in [7, 11) is 0. The fourth-order valence-corrected chi connectivity index (χ4v) is 2.84. The monoisotopic (exact) mass is 234 g/mol. The quantitative estimate of drug-likeness (QED) is 0.850. The predicted octanol–water partition coefficient (Wildman–Crippen LogP) is 2.30. The van der Waals surface area contributed by atoms with Crippen LogP contribution >= 0.6 is 0 Å². The topological polar surface area (TPSA) is 48.1 Å². The summed E-state index contributed by atoms with van der Waals surface area (Å²) in [4.78, 5) is 4.03. The molecule has 0 bridgehead atoms. The van der Waals surface area contributed by atoms with Gasteiger partial charge in [-0.15, -0.1) is 0 Å². The highest BCUT2D eigenvalue weighted by Gasteiger charge is 2.40. The number of hydrogen-bond donors (Lipinski definition) is 1. The molecule has 1 aliphatic carbocycles. The Morgan fingerprint density at radius 3 is 2.59 bits per heavy atom. The summed E-state index contributed by atoms with van der Waals surface area (Å²) >= 11 is 0. The van der Waals surface area contributed by atoms with E-state index < -0.39 is 0 Å². The first-order chi connectivity index (χ1) is 8.27. The fraction of sp³-hybridized carbons (Fsp3) is 0.643. The van der Waals surface area contributed by atoms with Gasteiger partial charge in [0.2, 0.25) is 0 Å². The zero-order valence-corrected chi connectivity index (χ0v) is 10.6. The van der Waals surface area contributed by atoms with Gasteiger partial charge in [-0.2, -0.15) is 0 Å². The molecular formula is C14H22N2O. The molecule has 0 saturated heterocycles. The van der Waals surface area contributed by atoms with Gasteiger partial charge in [0, 0.05) is 25.0 Å². The van der Waals surface area contributed by atoms with Crippen LogP contribution in [0.25, 0.3) is 0 Å². The van der Waals surface area contributed by atoms with Crippen LogP contribution < -0.4 is 5.73 Å². The Bertz CT molecular complexity index is 333. The lowest BCUT2D eigenvalue weighted by Crippen LogP contribution is -2.49. The van der Waals surface area contributed by atoms with E-state index in [2.05, 4.69) is 11.9 Å². The average Bonchev–Trinajstić information content (AvgIpc) is 2.81. The highest BCUT2D eigenvalue weighted by molar-refractivity contribution is 5.13. The summed E-state index contributed by atoms with van der Waals surface area (Å²) in [6.45, 7) is 2.81. The Kier molecular flexibility index (Phi) is 4.13. The lowest BCUT2D eigenvalue weighted by Gasteiger charge is -2.35. The van der Waals surface area contributed by atoms with Gasteiger partial charge in [0.1, 0.15) is 0 Å². The number of pyridine rings is 1. The number of hydrogen-bond acceptors (Lipinski definition) is 3. The maximum atomic E-state index is 6.39. The molecule has 0 amide bonds. The van der Waals surface area contributed by atoms with Crippen molar-refractivity contribution in [1.82, 2.24) is 4.98 Å². The number of aromatic nitrogens is 1. The number of ether oxygens (including phenoxy) is 1. The van der Waals surface area contributed by atoms with Crippen LogP contribution in [0.4, 0.5) is 0 Å². The van der Waals surface area contributed by atoms with Crippen LogP contribution in [0, 0.1) is 0 Å². The molecule has 0 spiro atoms. The Labute approximate surface area is 103 Å². The predicted molar refractivity (Wildman–Crippen MR) is 68.7 cm³/mol. The van der Waals surface area contributed by atoms with Crippen molar-refractivity contribution in [2.45, 2.75) is 50.7 Å². The third-order valence-corrected chi connectivity index (χ3v) is 3.76. The van der Waals surface area contributed by atoms with Gasteiger partial charge in [-0.25, -0.2) is 0 Å². The molecule has 2 N–H and O–H groups in total. The van der Waals surface area contributed by atoms with E-state index in [-0.39, 0.29) is 11.6 Å². The van der Waals surface area contributed by atoms with Gasteiger partial charge in [0.15, 0.2) is 0 Å². The standard InChI is InChI=1S/C14H22N2O/c1-2-17-14(7-3-4-8-14)13(15)11-12-5-9-16-10-6-12/h5-6,9-10,13H,2-4,7-8,11,15H2,1H3. The van der Waals surface area contributed by atoms with Crippen molar-refractivity contribution < 1.29 is 4.74 Å². The molecule has 1 aliphatic rings. The maximum absolute atomic E-state index is 6.39. The van der Waals surface area contributed by atoms with Crippen LogP contribution in [0.3, 0.4) is 0 Å². The largest absolute Gasteiger partial charge is 0.374 e. The highest BCUT2D eigenvalue weighted by Crippen LogP contribution is 2.36. The van der Waals surface area contributed by atoms with Crippen molar-refractivity contribution in [3.63, 3.8) is 0 Å². The molecule has 1 unspecified atom stereocenters.